The summed E-state index contributed by atoms with van der Waals surface area (Å²) in [6.07, 6.45) is 1.46. The van der Waals surface area contributed by atoms with Gasteiger partial charge in [-0.2, -0.15) is 0 Å². The van der Waals surface area contributed by atoms with Gasteiger partial charge in [-0.1, -0.05) is 30.3 Å². The maximum Gasteiger partial charge on any atom is 0.326 e. The highest BCUT2D eigenvalue weighted by Gasteiger charge is 2.20. The second-order valence-electron chi connectivity index (χ2n) is 4.88. The first-order valence-corrected chi connectivity index (χ1v) is 8.58. The third-order valence-corrected chi connectivity index (χ3v) is 3.87. The maximum atomic E-state index is 11.7. The van der Waals surface area contributed by atoms with E-state index in [2.05, 4.69) is 5.32 Å². The number of carboxylic acids is 1. The van der Waals surface area contributed by atoms with Crippen LogP contribution in [-0.2, 0) is 25.8 Å². The molecule has 0 saturated heterocycles. The highest BCUT2D eigenvalue weighted by atomic mass is 32.2. The van der Waals surface area contributed by atoms with Gasteiger partial charge >= 0.3 is 5.97 Å². The van der Waals surface area contributed by atoms with Gasteiger partial charge in [0.25, 0.3) is 0 Å². The molecule has 0 heterocycles. The topological polar surface area (TPSA) is 101 Å². The average molecular weight is 313 g/mol. The number of amides is 1. The quantitative estimate of drug-likeness (QED) is 0.733. The molecule has 21 heavy (non-hydrogen) atoms. The van der Waals surface area contributed by atoms with Gasteiger partial charge in [-0.05, 0) is 12.0 Å². The lowest BCUT2D eigenvalue weighted by Gasteiger charge is -2.14. The van der Waals surface area contributed by atoms with Crippen LogP contribution in [0.2, 0.25) is 0 Å². The molecule has 1 aromatic rings. The molecule has 1 aromatic carbocycles. The molecular formula is C14H19NO5S. The molecule has 0 fully saturated rings. The van der Waals surface area contributed by atoms with Gasteiger partial charge < -0.3 is 10.4 Å². The highest BCUT2D eigenvalue weighted by Crippen LogP contribution is 2.04. The van der Waals surface area contributed by atoms with Gasteiger partial charge in [-0.15, -0.1) is 0 Å². The van der Waals surface area contributed by atoms with Crippen molar-refractivity contribution in [3.05, 3.63) is 35.9 Å². The van der Waals surface area contributed by atoms with Crippen molar-refractivity contribution in [1.29, 1.82) is 0 Å². The largest absolute Gasteiger partial charge is 0.480 e. The van der Waals surface area contributed by atoms with E-state index in [4.69, 9.17) is 5.11 Å². The number of nitrogens with one attached hydrogen (secondary N) is 1. The van der Waals surface area contributed by atoms with E-state index in [1.54, 1.807) is 24.3 Å². The summed E-state index contributed by atoms with van der Waals surface area (Å²) in [5, 5.41) is 11.5. The normalized spacial score (nSPS) is 12.6. The Hall–Kier alpha value is -1.89. The molecule has 0 spiro atoms. The van der Waals surface area contributed by atoms with Crippen molar-refractivity contribution in [2.45, 2.75) is 25.3 Å². The van der Waals surface area contributed by atoms with Gasteiger partial charge in [0.1, 0.15) is 15.9 Å². The van der Waals surface area contributed by atoms with E-state index < -0.39 is 27.8 Å². The molecule has 1 atom stereocenters. The van der Waals surface area contributed by atoms with Crippen LogP contribution in [0.4, 0.5) is 0 Å². The lowest BCUT2D eigenvalue weighted by atomic mass is 10.1. The second-order valence-corrected chi connectivity index (χ2v) is 7.14. The van der Waals surface area contributed by atoms with Crippen molar-refractivity contribution >= 4 is 21.7 Å². The molecule has 0 aromatic heterocycles. The summed E-state index contributed by atoms with van der Waals surface area (Å²) in [6, 6.07) is 7.96. The number of aliphatic carboxylic acids is 1. The molecule has 0 saturated carbocycles. The first-order valence-electron chi connectivity index (χ1n) is 6.52. The van der Waals surface area contributed by atoms with Gasteiger partial charge in [0, 0.05) is 19.1 Å². The van der Waals surface area contributed by atoms with Crippen LogP contribution >= 0.6 is 0 Å². The monoisotopic (exact) mass is 313 g/mol. The first kappa shape index (κ1) is 17.2. The second kappa shape index (κ2) is 7.78. The van der Waals surface area contributed by atoms with E-state index in [0.717, 1.165) is 11.8 Å². The van der Waals surface area contributed by atoms with Gasteiger partial charge in [0.05, 0.1) is 5.75 Å². The SMILES string of the molecule is CS(=O)(=O)CCCC(=O)N[C@H](Cc1ccccc1)C(=O)O. The zero-order chi connectivity index (χ0) is 15.9. The summed E-state index contributed by atoms with van der Waals surface area (Å²) in [6.45, 7) is 0. The van der Waals surface area contributed by atoms with Gasteiger partial charge in [0.15, 0.2) is 0 Å². The van der Waals surface area contributed by atoms with Crippen molar-refractivity contribution in [3.8, 4) is 0 Å². The van der Waals surface area contributed by atoms with E-state index >= 15 is 0 Å². The summed E-state index contributed by atoms with van der Waals surface area (Å²) in [4.78, 5) is 22.8. The van der Waals surface area contributed by atoms with Gasteiger partial charge in [-0.3, -0.25) is 4.79 Å². The van der Waals surface area contributed by atoms with E-state index in [9.17, 15) is 18.0 Å². The van der Waals surface area contributed by atoms with Crippen LogP contribution in [0, 0.1) is 0 Å². The van der Waals surface area contributed by atoms with Crippen LogP contribution in [0.25, 0.3) is 0 Å². The van der Waals surface area contributed by atoms with E-state index in [1.807, 2.05) is 6.07 Å². The molecule has 0 radical (unpaired) electrons. The Kier molecular flexibility index (Phi) is 6.36. The number of sulfone groups is 1. The Morgan fingerprint density at radius 3 is 2.38 bits per heavy atom. The molecule has 0 aliphatic rings. The van der Waals surface area contributed by atoms with Crippen molar-refractivity contribution < 1.29 is 23.1 Å². The molecule has 0 bridgehead atoms. The molecule has 116 valence electrons. The summed E-state index contributed by atoms with van der Waals surface area (Å²) < 4.78 is 21.9. The predicted molar refractivity (Wildman–Crippen MR) is 78.7 cm³/mol. The van der Waals surface area contributed by atoms with Crippen LogP contribution in [0.15, 0.2) is 30.3 Å². The van der Waals surface area contributed by atoms with Crippen LogP contribution < -0.4 is 5.32 Å². The molecule has 0 aliphatic carbocycles. The van der Waals surface area contributed by atoms with E-state index in [-0.39, 0.29) is 25.0 Å². The maximum absolute atomic E-state index is 11.7. The van der Waals surface area contributed by atoms with Crippen molar-refractivity contribution in [1.82, 2.24) is 5.32 Å². The number of hydrogen-bond donors (Lipinski definition) is 2. The molecule has 0 unspecified atom stereocenters. The minimum Gasteiger partial charge on any atom is -0.480 e. The van der Waals surface area contributed by atoms with Crippen molar-refractivity contribution in [3.63, 3.8) is 0 Å². The zero-order valence-electron chi connectivity index (χ0n) is 11.8. The molecule has 1 rings (SSSR count). The van der Waals surface area contributed by atoms with E-state index in [0.29, 0.717) is 0 Å². The Balaban J connectivity index is 2.51. The number of benzene rings is 1. The molecular weight excluding hydrogens is 294 g/mol. The molecule has 2 N–H and O–H groups in total. The average Bonchev–Trinajstić information content (AvgIpc) is 2.37. The lowest BCUT2D eigenvalue weighted by molar-refractivity contribution is -0.141. The van der Waals surface area contributed by atoms with Gasteiger partial charge in [-0.25, -0.2) is 13.2 Å². The summed E-state index contributed by atoms with van der Waals surface area (Å²) in [5.41, 5.74) is 0.807. The summed E-state index contributed by atoms with van der Waals surface area (Å²) >= 11 is 0. The lowest BCUT2D eigenvalue weighted by Crippen LogP contribution is -2.42. The number of carboxylic acid groups (broad SMARTS) is 1. The molecule has 7 heteroatoms. The highest BCUT2D eigenvalue weighted by molar-refractivity contribution is 7.90. The predicted octanol–water partition coefficient (Wildman–Crippen LogP) is 0.623. The molecule has 1 amide bonds. The van der Waals surface area contributed by atoms with Gasteiger partial charge in [0.2, 0.25) is 5.91 Å². The van der Waals surface area contributed by atoms with Crippen LogP contribution in [0.3, 0.4) is 0 Å². The fourth-order valence-corrected chi connectivity index (χ4v) is 2.48. The third-order valence-electron chi connectivity index (χ3n) is 2.83. The minimum absolute atomic E-state index is 0.00829. The Morgan fingerprint density at radius 2 is 1.86 bits per heavy atom. The first-order chi connectivity index (χ1) is 9.78. The Morgan fingerprint density at radius 1 is 1.24 bits per heavy atom. The fraction of sp³-hybridized carbons (Fsp3) is 0.429. The summed E-state index contributed by atoms with van der Waals surface area (Å²) in [5.74, 6) is -1.66. The molecule has 0 aliphatic heterocycles. The summed E-state index contributed by atoms with van der Waals surface area (Å²) in [7, 11) is -3.11. The number of carbonyl (C=O) groups excluding carboxylic acids is 1. The zero-order valence-corrected chi connectivity index (χ0v) is 12.6. The van der Waals surface area contributed by atoms with Crippen molar-refractivity contribution in [2.24, 2.45) is 0 Å². The number of hydrogen-bond acceptors (Lipinski definition) is 4. The Bertz CT molecular complexity index is 583. The van der Waals surface area contributed by atoms with Crippen molar-refractivity contribution in [2.75, 3.05) is 12.0 Å². The number of carbonyl (C=O) groups is 2. The smallest absolute Gasteiger partial charge is 0.326 e. The van der Waals surface area contributed by atoms with E-state index in [1.165, 1.54) is 0 Å². The van der Waals surface area contributed by atoms with Crippen LogP contribution in [-0.4, -0.2) is 43.5 Å². The fourth-order valence-electron chi connectivity index (χ4n) is 1.81. The number of rotatable bonds is 8. The third kappa shape index (κ3) is 7.45. The molecule has 6 nitrogen and oxygen atoms in total. The minimum atomic E-state index is -3.11. The Labute approximate surface area is 124 Å². The standard InChI is InChI=1S/C14H19NO5S/c1-21(19,20)9-5-8-13(16)15-12(14(17)18)10-11-6-3-2-4-7-11/h2-4,6-7,12H,5,8-10H2,1H3,(H,15,16)(H,17,18)/t12-/m1/s1. The van der Waals surface area contributed by atoms with Crippen LogP contribution in [0.1, 0.15) is 18.4 Å². The van der Waals surface area contributed by atoms with Crippen LogP contribution in [0.5, 0.6) is 0 Å².